The molecule has 0 amide bonds. The number of hydrogen-bond acceptors (Lipinski definition) is 31. The summed E-state index contributed by atoms with van der Waals surface area (Å²) in [5.41, 5.74) is 50.0. The number of pyridine rings is 5. The molecule has 15 aromatic heterocycles. The van der Waals surface area contributed by atoms with Crippen LogP contribution in [-0.2, 0) is 14.2 Å². The zero-order valence-electron chi connectivity index (χ0n) is 66.0. The van der Waals surface area contributed by atoms with Crippen LogP contribution < -0.4 is 55.3 Å². The largest absolute Gasteiger partial charge is 0.396 e. The lowest BCUT2D eigenvalue weighted by atomic mass is 9.93. The maximum Gasteiger partial charge on any atom is 0.126 e. The highest BCUT2D eigenvalue weighted by atomic mass is 32.1. The molecule has 115 heavy (non-hydrogen) atoms. The van der Waals surface area contributed by atoms with Crippen LogP contribution in [0.1, 0.15) is 74.3 Å². The molecule has 22 N–H and O–H groups in total. The molecule has 2 aliphatic rings. The van der Waals surface area contributed by atoms with E-state index in [0.29, 0.717) is 54.8 Å². The van der Waals surface area contributed by atoms with Crippen LogP contribution in [0.25, 0.3) is 104 Å². The minimum atomic E-state index is -0.205. The van der Waals surface area contributed by atoms with E-state index in [1.165, 1.54) is 0 Å². The number of nitrogens with two attached hydrogens (primary N) is 5. The van der Waals surface area contributed by atoms with Gasteiger partial charge in [0.1, 0.15) is 29.1 Å². The van der Waals surface area contributed by atoms with E-state index in [1.807, 2.05) is 88.4 Å². The number of aromatic amines is 5. The number of anilines is 10. The number of nitrogens with one attached hydrogen (secondary N) is 10. The summed E-state index contributed by atoms with van der Waals surface area (Å²) in [6.07, 6.45) is 12.4. The van der Waals surface area contributed by atoms with Crippen molar-refractivity contribution < 1.29 is 24.4 Å². The molecule has 16 heterocycles. The molecule has 1 aliphatic heterocycles. The minimum Gasteiger partial charge on any atom is -0.396 e. The molecule has 0 radical (unpaired) electrons. The number of methoxy groups -OCH3 is 2. The van der Waals surface area contributed by atoms with Crippen molar-refractivity contribution >= 4 is 165 Å². The van der Waals surface area contributed by atoms with E-state index >= 15 is 0 Å². The van der Waals surface area contributed by atoms with Crippen LogP contribution in [0.15, 0.2) is 91.6 Å². The van der Waals surface area contributed by atoms with Gasteiger partial charge in [-0.1, -0.05) is 13.8 Å². The highest BCUT2D eigenvalue weighted by Gasteiger charge is 2.26. The Kier molecular flexibility index (Phi) is 26.7. The molecule has 15 aromatic rings. The lowest BCUT2D eigenvalue weighted by molar-refractivity contribution is 0.0398. The number of aliphatic hydroxyl groups is 2. The van der Waals surface area contributed by atoms with Crippen LogP contribution in [0.4, 0.5) is 57.5 Å². The molecule has 1 saturated heterocycles. The van der Waals surface area contributed by atoms with Gasteiger partial charge < -0.3 is 79.7 Å². The molecule has 31 nitrogen and oxygen atoms in total. The van der Waals surface area contributed by atoms with Gasteiger partial charge in [-0.3, -0.25) is 30.4 Å². The van der Waals surface area contributed by atoms with Crippen molar-refractivity contribution in [1.29, 1.82) is 0 Å². The van der Waals surface area contributed by atoms with Crippen molar-refractivity contribution in [3.05, 3.63) is 119 Å². The summed E-state index contributed by atoms with van der Waals surface area (Å²) in [5.74, 6) is 2.58. The van der Waals surface area contributed by atoms with Gasteiger partial charge >= 0.3 is 0 Å². The Bertz CT molecular complexity index is 5670. The summed E-state index contributed by atoms with van der Waals surface area (Å²) in [5, 5.41) is 71.7. The number of rotatable bonds is 23. The number of nitrogens with zero attached hydrogens (tertiary/aromatic N) is 11. The van der Waals surface area contributed by atoms with Crippen LogP contribution in [0.2, 0.25) is 0 Å². The average Bonchev–Trinajstić information content (AvgIpc) is 1.78. The van der Waals surface area contributed by atoms with Crippen LogP contribution in [-0.4, -0.2) is 196 Å². The first-order valence-corrected chi connectivity index (χ1v) is 41.9. The summed E-state index contributed by atoms with van der Waals surface area (Å²) >= 11 is 8.45. The van der Waals surface area contributed by atoms with E-state index in [0.717, 1.165) is 232 Å². The second-order valence-corrected chi connectivity index (χ2v) is 34.2. The van der Waals surface area contributed by atoms with Crippen molar-refractivity contribution in [3.63, 3.8) is 0 Å². The van der Waals surface area contributed by atoms with Crippen molar-refractivity contribution in [2.24, 2.45) is 5.41 Å². The zero-order chi connectivity index (χ0) is 81.0. The molecule has 1 atom stereocenters. The van der Waals surface area contributed by atoms with Gasteiger partial charge in [0.25, 0.3) is 0 Å². The van der Waals surface area contributed by atoms with Gasteiger partial charge in [-0.2, -0.15) is 25.5 Å². The second-order valence-electron chi connectivity index (χ2n) is 29.0. The Morgan fingerprint density at radius 1 is 0.496 bits per heavy atom. The number of fused-ring (bicyclic) bond motifs is 5. The highest BCUT2D eigenvalue weighted by molar-refractivity contribution is 7.24. The van der Waals surface area contributed by atoms with Gasteiger partial charge in [0.2, 0.25) is 0 Å². The monoisotopic (exact) mass is 1650 g/mol. The molecule has 36 heteroatoms. The smallest absolute Gasteiger partial charge is 0.126 e. The van der Waals surface area contributed by atoms with E-state index in [9.17, 15) is 10.2 Å². The molecule has 2 fully saturated rings. The standard InChI is InChI=1S/C17H22N6OS.C17H21N5OS.C16H21N5OS.C15H19N5OS.C14H17N5OS/c1-11-15-17(25-16(11)12-2-3-20-22-12)13(10-14(18)21-15)19-4-5-23-6-8-24-9-7-23;1-9-15-17(24-16(9)12-6-7-19-22-12)13(8-14(18)21-15)20-10-2-4-11(23)5-3-10;1-9-13-15(23-14(9)10-4-5-19-21-10)11(6-12(17)20-13)18-7-16(2,3)8-22;1-8(21-3)7-17-11-6-12(16)19-13-9(2)14(22-15(11)13)10-4-5-18-20-10;1-8-12-14(21-13(8)9-3-4-17-19-9)10(7-11(15)18-12)16-5-6-20-2/h2-3,10H,4-9H2,1H3,(H,20,22)(H3,18,19,21);6-8,10-11,23H,2-5H2,1H3,(H,19,22)(H3,18,20,21);4-6,22H,7-8H2,1-3H3,(H,19,21)(H3,17,18,20);4-6,8H,7H2,1-3H3,(H,18,20)(H3,16,17,19);3-4,7H,5-6H2,1-2H3,(H,17,19)(H3,15,16,18)/t;;;8-;/m...1./s1. The zero-order valence-corrected chi connectivity index (χ0v) is 70.0. The molecular formula is C79H100N26O5S5. The quantitative estimate of drug-likeness (QED) is 0.0264. The molecular weight excluding hydrogens is 1550 g/mol. The predicted octanol–water partition coefficient (Wildman–Crippen LogP) is 14.3. The molecule has 0 spiro atoms. The molecule has 0 unspecified atom stereocenters. The Morgan fingerprint density at radius 3 is 1.16 bits per heavy atom. The first-order valence-electron chi connectivity index (χ1n) is 37.8. The van der Waals surface area contributed by atoms with E-state index in [-0.39, 0.29) is 24.2 Å². The van der Waals surface area contributed by atoms with Gasteiger partial charge in [0.05, 0.1) is 164 Å². The molecule has 0 aromatic carbocycles. The molecule has 1 saturated carbocycles. The molecule has 606 valence electrons. The van der Waals surface area contributed by atoms with Crippen molar-refractivity contribution in [1.82, 2.24) is 80.8 Å². The summed E-state index contributed by atoms with van der Waals surface area (Å²) < 4.78 is 21.3. The first-order chi connectivity index (χ1) is 55.5. The van der Waals surface area contributed by atoms with Crippen molar-refractivity contribution in [2.45, 2.75) is 99.3 Å². The second kappa shape index (κ2) is 37.3. The average molecular weight is 1650 g/mol. The normalized spacial score (nSPS) is 14.7. The van der Waals surface area contributed by atoms with Gasteiger partial charge in [-0.05, 0) is 125 Å². The Morgan fingerprint density at radius 2 is 0.826 bits per heavy atom. The first kappa shape index (κ1) is 82.3. The van der Waals surface area contributed by atoms with Gasteiger partial charge in [-0.15, -0.1) is 56.7 Å². The SMILES string of the molecule is COCCNc1cc(N)nc2c(C)c(-c3ccn[nH]3)sc12.CO[C@H](C)CNc1cc(N)nc2c(C)c(-c3ccn[nH]3)sc12.Cc1c(-c2ccn[nH]2)sc2c(NC3CCC(O)CC3)cc(N)nc12.Cc1c(-c2ccn[nH]2)sc2c(NCC(C)(C)CO)cc(N)nc12.Cc1c(-c2ccn[nH]2)sc2c(NCCN3CCOCC3)cc(N)nc12. The number of aromatic nitrogens is 15. The van der Waals surface area contributed by atoms with Crippen molar-refractivity contribution in [2.75, 3.05) is 142 Å². The van der Waals surface area contributed by atoms with Crippen LogP contribution in [0.5, 0.6) is 0 Å². The van der Waals surface area contributed by atoms with E-state index < -0.39 is 0 Å². The highest BCUT2D eigenvalue weighted by Crippen LogP contribution is 2.46. The topological polar surface area (TPSA) is 469 Å². The third-order valence-electron chi connectivity index (χ3n) is 19.9. The summed E-state index contributed by atoms with van der Waals surface area (Å²) in [7, 11) is 3.39. The number of aliphatic hydroxyl groups excluding tert-OH is 2. The van der Waals surface area contributed by atoms with E-state index in [2.05, 4.69) is 135 Å². The van der Waals surface area contributed by atoms with Crippen LogP contribution in [0.3, 0.4) is 0 Å². The van der Waals surface area contributed by atoms with Gasteiger partial charge in [-0.25, -0.2) is 24.9 Å². The lowest BCUT2D eigenvalue weighted by Gasteiger charge is -2.27. The number of nitrogen functional groups attached to an aromatic ring is 5. The number of morpholine rings is 1. The van der Waals surface area contributed by atoms with Gasteiger partial charge in [0.15, 0.2) is 0 Å². The fraction of sp³-hybridized carbons (Fsp3) is 0.367. The Hall–Kier alpha value is -10.6. The van der Waals surface area contributed by atoms with Crippen LogP contribution in [0, 0.1) is 40.0 Å². The fourth-order valence-electron chi connectivity index (χ4n) is 13.4. The number of ether oxygens (including phenoxy) is 3. The fourth-order valence-corrected chi connectivity index (χ4v) is 19.5. The molecule has 1 aliphatic carbocycles. The maximum absolute atomic E-state index is 9.69. The Labute approximate surface area is 684 Å². The van der Waals surface area contributed by atoms with E-state index in [1.54, 1.807) is 102 Å². The third kappa shape index (κ3) is 19.5. The molecule has 0 bridgehead atoms. The van der Waals surface area contributed by atoms with E-state index in [4.69, 9.17) is 42.9 Å². The predicted molar refractivity (Wildman–Crippen MR) is 474 cm³/mol. The van der Waals surface area contributed by atoms with Gasteiger partial charge in [0, 0.05) is 139 Å². The maximum atomic E-state index is 9.69. The summed E-state index contributed by atoms with van der Waals surface area (Å²) in [6, 6.07) is 19.6. The van der Waals surface area contributed by atoms with Crippen LogP contribution >= 0.6 is 56.7 Å². The summed E-state index contributed by atoms with van der Waals surface area (Å²) in [4.78, 5) is 30.7. The summed E-state index contributed by atoms with van der Waals surface area (Å²) in [6.45, 7) is 24.7. The third-order valence-corrected chi connectivity index (χ3v) is 26.6. The number of aryl methyl sites for hydroxylation is 5. The number of H-pyrrole nitrogens is 5. The number of hydrogen-bond donors (Lipinski definition) is 17. The Balaban J connectivity index is 0.000000125. The van der Waals surface area contributed by atoms with Crippen molar-refractivity contribution in [3.8, 4) is 52.9 Å². The number of thiophene rings is 5. The minimum absolute atomic E-state index is 0.118. The molecule has 17 rings (SSSR count). The lowest BCUT2D eigenvalue weighted by Crippen LogP contribution is -2.39.